The molecular formula is C13H13BrN2O. The van der Waals surface area contributed by atoms with Gasteiger partial charge in [-0.1, -0.05) is 17.7 Å². The third-order valence-electron chi connectivity index (χ3n) is 2.37. The minimum atomic E-state index is 0.520. The largest absolute Gasteiger partial charge is 0.438 e. The quantitative estimate of drug-likeness (QED) is 0.915. The molecule has 88 valence electrons. The number of benzene rings is 1. The number of nitrogens with two attached hydrogens (primary N) is 1. The fourth-order valence-electron chi connectivity index (χ4n) is 1.53. The molecule has 0 atom stereocenters. The maximum atomic E-state index is 5.74. The molecule has 1 aromatic heterocycles. The number of anilines is 1. The number of ether oxygens (including phenoxy) is 1. The van der Waals surface area contributed by atoms with E-state index in [0.717, 1.165) is 15.8 Å². The van der Waals surface area contributed by atoms with Crippen molar-refractivity contribution >= 4 is 21.6 Å². The van der Waals surface area contributed by atoms with Crippen molar-refractivity contribution < 1.29 is 4.74 Å². The third kappa shape index (κ3) is 2.77. The van der Waals surface area contributed by atoms with Crippen molar-refractivity contribution in [1.29, 1.82) is 0 Å². The zero-order valence-electron chi connectivity index (χ0n) is 9.70. The lowest BCUT2D eigenvalue weighted by Crippen LogP contribution is -1.94. The molecule has 0 bridgehead atoms. The van der Waals surface area contributed by atoms with Gasteiger partial charge >= 0.3 is 0 Å². The Hall–Kier alpha value is -1.55. The van der Waals surface area contributed by atoms with Crippen molar-refractivity contribution in [2.45, 2.75) is 13.8 Å². The summed E-state index contributed by atoms with van der Waals surface area (Å²) >= 11 is 3.38. The van der Waals surface area contributed by atoms with E-state index in [1.807, 2.05) is 26.0 Å². The van der Waals surface area contributed by atoms with Crippen molar-refractivity contribution in [1.82, 2.24) is 4.98 Å². The van der Waals surface area contributed by atoms with Gasteiger partial charge in [0.25, 0.3) is 0 Å². The highest BCUT2D eigenvalue weighted by Crippen LogP contribution is 2.30. The van der Waals surface area contributed by atoms with Gasteiger partial charge in [-0.05, 0) is 47.5 Å². The number of nitrogens with zero attached hydrogens (tertiary/aromatic N) is 1. The van der Waals surface area contributed by atoms with Crippen LogP contribution in [0.2, 0.25) is 0 Å². The topological polar surface area (TPSA) is 48.1 Å². The Morgan fingerprint density at radius 3 is 2.65 bits per heavy atom. The molecule has 1 heterocycles. The summed E-state index contributed by atoms with van der Waals surface area (Å²) in [5.74, 6) is 1.32. The van der Waals surface area contributed by atoms with Gasteiger partial charge in [0.1, 0.15) is 5.75 Å². The van der Waals surface area contributed by atoms with Crippen LogP contribution in [0.3, 0.4) is 0 Å². The van der Waals surface area contributed by atoms with E-state index in [4.69, 9.17) is 10.5 Å². The van der Waals surface area contributed by atoms with Gasteiger partial charge in [-0.3, -0.25) is 0 Å². The van der Waals surface area contributed by atoms with Crippen LogP contribution in [0.15, 0.2) is 34.9 Å². The van der Waals surface area contributed by atoms with Gasteiger partial charge in [0.15, 0.2) is 0 Å². The lowest BCUT2D eigenvalue weighted by atomic mass is 10.1. The average Bonchev–Trinajstić information content (AvgIpc) is 2.25. The van der Waals surface area contributed by atoms with Gasteiger partial charge in [-0.2, -0.15) is 0 Å². The first-order valence-corrected chi connectivity index (χ1v) is 6.01. The summed E-state index contributed by atoms with van der Waals surface area (Å²) in [7, 11) is 0. The van der Waals surface area contributed by atoms with Crippen molar-refractivity contribution in [3.8, 4) is 11.6 Å². The summed E-state index contributed by atoms with van der Waals surface area (Å²) in [6.07, 6.45) is 1.57. The Bertz CT molecular complexity index is 506. The van der Waals surface area contributed by atoms with Crippen LogP contribution >= 0.6 is 15.9 Å². The molecule has 2 rings (SSSR count). The van der Waals surface area contributed by atoms with Gasteiger partial charge in [0.2, 0.25) is 5.88 Å². The molecule has 0 saturated carbocycles. The Kier molecular flexibility index (Phi) is 3.33. The Balaban J connectivity index is 2.31. The average molecular weight is 293 g/mol. The highest BCUT2D eigenvalue weighted by molar-refractivity contribution is 9.10. The highest BCUT2D eigenvalue weighted by atomic mass is 79.9. The zero-order chi connectivity index (χ0) is 12.4. The van der Waals surface area contributed by atoms with E-state index in [0.29, 0.717) is 11.6 Å². The molecule has 0 aliphatic rings. The lowest BCUT2D eigenvalue weighted by molar-refractivity contribution is 0.456. The van der Waals surface area contributed by atoms with E-state index in [-0.39, 0.29) is 0 Å². The molecule has 0 unspecified atom stereocenters. The molecule has 0 radical (unpaired) electrons. The monoisotopic (exact) mass is 292 g/mol. The van der Waals surface area contributed by atoms with E-state index in [1.54, 1.807) is 12.3 Å². The predicted molar refractivity (Wildman–Crippen MR) is 72.3 cm³/mol. The summed E-state index contributed by atoms with van der Waals surface area (Å²) in [6.45, 7) is 4.06. The summed E-state index contributed by atoms with van der Waals surface area (Å²) in [5, 5.41) is 0. The predicted octanol–water partition coefficient (Wildman–Crippen LogP) is 3.84. The first kappa shape index (κ1) is 11.9. The summed E-state index contributed by atoms with van der Waals surface area (Å²) in [4.78, 5) is 4.14. The van der Waals surface area contributed by atoms with Crippen LogP contribution in [0.5, 0.6) is 11.6 Å². The van der Waals surface area contributed by atoms with E-state index in [9.17, 15) is 0 Å². The van der Waals surface area contributed by atoms with Crippen LogP contribution in [0.4, 0.5) is 5.69 Å². The first-order chi connectivity index (χ1) is 8.06. The third-order valence-corrected chi connectivity index (χ3v) is 2.93. The molecule has 2 aromatic rings. The minimum absolute atomic E-state index is 0.520. The molecule has 0 spiro atoms. The summed E-state index contributed by atoms with van der Waals surface area (Å²) in [5.41, 5.74) is 8.51. The fraction of sp³-hybridized carbons (Fsp3) is 0.154. The van der Waals surface area contributed by atoms with Gasteiger partial charge in [0, 0.05) is 0 Å². The summed E-state index contributed by atoms with van der Waals surface area (Å²) < 4.78 is 6.48. The molecule has 0 aliphatic heterocycles. The number of hydrogen-bond donors (Lipinski definition) is 1. The van der Waals surface area contributed by atoms with Gasteiger partial charge < -0.3 is 10.5 Å². The standard InChI is InChI=1S/C13H13BrN2O/c1-8-3-4-12(9(2)5-8)17-13-11(14)6-10(15)7-16-13/h3-7H,15H2,1-2H3. The number of aryl methyl sites for hydroxylation is 2. The van der Waals surface area contributed by atoms with Crippen molar-refractivity contribution in [3.63, 3.8) is 0 Å². The van der Waals surface area contributed by atoms with Crippen LogP contribution in [0, 0.1) is 13.8 Å². The fourth-order valence-corrected chi connectivity index (χ4v) is 1.98. The van der Waals surface area contributed by atoms with E-state index in [2.05, 4.69) is 27.0 Å². The molecule has 0 fully saturated rings. The van der Waals surface area contributed by atoms with Crippen LogP contribution in [-0.2, 0) is 0 Å². The van der Waals surface area contributed by atoms with Crippen LogP contribution in [-0.4, -0.2) is 4.98 Å². The van der Waals surface area contributed by atoms with E-state index >= 15 is 0 Å². The van der Waals surface area contributed by atoms with Crippen LogP contribution in [0.25, 0.3) is 0 Å². The van der Waals surface area contributed by atoms with Crippen LogP contribution in [0.1, 0.15) is 11.1 Å². The Morgan fingerprint density at radius 1 is 1.24 bits per heavy atom. The minimum Gasteiger partial charge on any atom is -0.438 e. The molecular weight excluding hydrogens is 280 g/mol. The number of nitrogen functional groups attached to an aromatic ring is 1. The van der Waals surface area contributed by atoms with E-state index in [1.165, 1.54) is 5.56 Å². The maximum Gasteiger partial charge on any atom is 0.233 e. The highest BCUT2D eigenvalue weighted by Gasteiger charge is 2.06. The number of pyridine rings is 1. The van der Waals surface area contributed by atoms with Gasteiger partial charge in [0.05, 0.1) is 16.4 Å². The second kappa shape index (κ2) is 4.75. The van der Waals surface area contributed by atoms with Crippen molar-refractivity contribution in [2.24, 2.45) is 0 Å². The number of rotatable bonds is 2. The first-order valence-electron chi connectivity index (χ1n) is 5.22. The smallest absolute Gasteiger partial charge is 0.233 e. The Labute approximate surface area is 109 Å². The molecule has 0 aliphatic carbocycles. The zero-order valence-corrected chi connectivity index (χ0v) is 11.3. The van der Waals surface area contributed by atoms with Gasteiger partial charge in [-0.25, -0.2) is 4.98 Å². The molecule has 4 heteroatoms. The molecule has 1 aromatic carbocycles. The molecule has 0 amide bonds. The Morgan fingerprint density at radius 2 is 2.00 bits per heavy atom. The SMILES string of the molecule is Cc1ccc(Oc2ncc(N)cc2Br)c(C)c1. The number of hydrogen-bond acceptors (Lipinski definition) is 3. The lowest BCUT2D eigenvalue weighted by Gasteiger charge is -2.10. The van der Waals surface area contributed by atoms with Crippen LogP contribution < -0.4 is 10.5 Å². The number of halogens is 1. The molecule has 3 nitrogen and oxygen atoms in total. The summed E-state index contributed by atoms with van der Waals surface area (Å²) in [6, 6.07) is 7.79. The second-order valence-corrected chi connectivity index (χ2v) is 4.78. The van der Waals surface area contributed by atoms with Gasteiger partial charge in [-0.15, -0.1) is 0 Å². The normalized spacial score (nSPS) is 10.3. The van der Waals surface area contributed by atoms with Crippen molar-refractivity contribution in [3.05, 3.63) is 46.1 Å². The second-order valence-electron chi connectivity index (χ2n) is 3.93. The number of aromatic nitrogens is 1. The molecule has 17 heavy (non-hydrogen) atoms. The molecule has 0 saturated heterocycles. The molecule has 2 N–H and O–H groups in total. The van der Waals surface area contributed by atoms with E-state index < -0.39 is 0 Å². The van der Waals surface area contributed by atoms with Crippen molar-refractivity contribution in [2.75, 3.05) is 5.73 Å². The maximum absolute atomic E-state index is 5.74.